The minimum absolute atomic E-state index is 0.139. The van der Waals surface area contributed by atoms with E-state index in [4.69, 9.17) is 14.2 Å². The quantitative estimate of drug-likeness (QED) is 0.850. The lowest BCUT2D eigenvalue weighted by atomic mass is 9.90. The maximum absolute atomic E-state index is 11.8. The van der Waals surface area contributed by atoms with Gasteiger partial charge in [-0.25, -0.2) is 4.79 Å². The van der Waals surface area contributed by atoms with Crippen molar-refractivity contribution in [3.8, 4) is 0 Å². The molecule has 0 aliphatic carbocycles. The molecule has 21 heavy (non-hydrogen) atoms. The third kappa shape index (κ3) is 4.42. The average Bonchev–Trinajstić information content (AvgIpc) is 2.49. The van der Waals surface area contributed by atoms with Crippen LogP contribution in [0.3, 0.4) is 0 Å². The van der Waals surface area contributed by atoms with Crippen LogP contribution >= 0.6 is 0 Å². The molecule has 2 N–H and O–H groups in total. The molecule has 1 aliphatic heterocycles. The van der Waals surface area contributed by atoms with Crippen molar-refractivity contribution in [2.75, 3.05) is 26.9 Å². The molecule has 6 heteroatoms. The van der Waals surface area contributed by atoms with Gasteiger partial charge in [-0.15, -0.1) is 0 Å². The molecule has 1 heterocycles. The topological polar surface area (TPSA) is 77.0 Å². The summed E-state index contributed by atoms with van der Waals surface area (Å²) in [6.45, 7) is 1.00. The van der Waals surface area contributed by atoms with E-state index in [2.05, 4.69) is 5.32 Å². The SMILES string of the molecule is COCC1(O)CCOCC1NC(=O)OCc1ccccc1. The molecule has 6 nitrogen and oxygen atoms in total. The van der Waals surface area contributed by atoms with E-state index in [1.165, 1.54) is 7.11 Å². The van der Waals surface area contributed by atoms with E-state index in [0.717, 1.165) is 5.56 Å². The second-order valence-corrected chi connectivity index (χ2v) is 5.12. The molecule has 1 aromatic rings. The van der Waals surface area contributed by atoms with E-state index in [0.29, 0.717) is 13.0 Å². The molecule has 116 valence electrons. The molecule has 2 unspecified atom stereocenters. The number of ether oxygens (including phenoxy) is 3. The van der Waals surface area contributed by atoms with Gasteiger partial charge in [0.1, 0.15) is 12.2 Å². The summed E-state index contributed by atoms with van der Waals surface area (Å²) in [5, 5.41) is 13.1. The van der Waals surface area contributed by atoms with Crippen molar-refractivity contribution in [1.82, 2.24) is 5.32 Å². The largest absolute Gasteiger partial charge is 0.445 e. The standard InChI is InChI=1S/C15H21NO5/c1-19-11-15(18)7-8-20-10-13(15)16-14(17)21-9-12-5-3-2-4-6-12/h2-6,13,18H,7-11H2,1H3,(H,16,17). The fourth-order valence-electron chi connectivity index (χ4n) is 2.29. The number of aliphatic hydroxyl groups is 1. The lowest BCUT2D eigenvalue weighted by Crippen LogP contribution is -2.60. The Morgan fingerprint density at radius 1 is 1.48 bits per heavy atom. The maximum Gasteiger partial charge on any atom is 0.407 e. The van der Waals surface area contributed by atoms with E-state index in [9.17, 15) is 9.90 Å². The molecule has 1 fully saturated rings. The normalized spacial score (nSPS) is 25.3. The predicted molar refractivity (Wildman–Crippen MR) is 75.8 cm³/mol. The number of amides is 1. The van der Waals surface area contributed by atoms with Gasteiger partial charge in [0, 0.05) is 20.1 Å². The number of nitrogens with one attached hydrogen (secondary N) is 1. The zero-order valence-corrected chi connectivity index (χ0v) is 12.1. The van der Waals surface area contributed by atoms with Crippen molar-refractivity contribution in [3.05, 3.63) is 35.9 Å². The third-order valence-corrected chi connectivity index (χ3v) is 3.51. The number of rotatable bonds is 5. The fraction of sp³-hybridized carbons (Fsp3) is 0.533. The van der Waals surface area contributed by atoms with E-state index in [1.54, 1.807) is 0 Å². The Balaban J connectivity index is 1.85. The van der Waals surface area contributed by atoms with Crippen LogP contribution < -0.4 is 5.32 Å². The van der Waals surface area contributed by atoms with Crippen LogP contribution in [0, 0.1) is 0 Å². The molecular weight excluding hydrogens is 274 g/mol. The van der Waals surface area contributed by atoms with Crippen LogP contribution in [0.15, 0.2) is 30.3 Å². The second-order valence-electron chi connectivity index (χ2n) is 5.12. The number of hydrogen-bond acceptors (Lipinski definition) is 5. The van der Waals surface area contributed by atoms with Crippen molar-refractivity contribution in [1.29, 1.82) is 0 Å². The van der Waals surface area contributed by atoms with Gasteiger partial charge >= 0.3 is 6.09 Å². The Labute approximate surface area is 124 Å². The number of methoxy groups -OCH3 is 1. The molecule has 0 bridgehead atoms. The molecule has 0 aromatic heterocycles. The summed E-state index contributed by atoms with van der Waals surface area (Å²) in [7, 11) is 1.51. The minimum Gasteiger partial charge on any atom is -0.445 e. The van der Waals surface area contributed by atoms with Crippen molar-refractivity contribution < 1.29 is 24.1 Å². The van der Waals surface area contributed by atoms with Gasteiger partial charge in [0.05, 0.1) is 19.3 Å². The van der Waals surface area contributed by atoms with Crippen LogP contribution in [0.4, 0.5) is 4.79 Å². The Morgan fingerprint density at radius 3 is 2.95 bits per heavy atom. The first-order valence-electron chi connectivity index (χ1n) is 6.90. The zero-order valence-electron chi connectivity index (χ0n) is 12.1. The molecule has 0 spiro atoms. The molecule has 0 radical (unpaired) electrons. The van der Waals surface area contributed by atoms with E-state index in [1.807, 2.05) is 30.3 Å². The number of benzene rings is 1. The summed E-state index contributed by atoms with van der Waals surface area (Å²) in [5.41, 5.74) is -0.224. The summed E-state index contributed by atoms with van der Waals surface area (Å²) in [6.07, 6.45) is -0.173. The number of alkyl carbamates (subject to hydrolysis) is 1. The summed E-state index contributed by atoms with van der Waals surface area (Å²) < 4.78 is 15.5. The van der Waals surface area contributed by atoms with Crippen LogP contribution in [-0.2, 0) is 20.8 Å². The van der Waals surface area contributed by atoms with Gasteiger partial charge in [-0.1, -0.05) is 30.3 Å². The van der Waals surface area contributed by atoms with Crippen LogP contribution in [0.2, 0.25) is 0 Å². The predicted octanol–water partition coefficient (Wildman–Crippen LogP) is 1.08. The summed E-state index contributed by atoms with van der Waals surface area (Å²) >= 11 is 0. The summed E-state index contributed by atoms with van der Waals surface area (Å²) in [5.74, 6) is 0. The zero-order chi connectivity index (χ0) is 15.1. The molecule has 2 atom stereocenters. The first kappa shape index (κ1) is 15.8. The summed E-state index contributed by atoms with van der Waals surface area (Å²) in [4.78, 5) is 11.8. The van der Waals surface area contributed by atoms with Crippen LogP contribution in [0.25, 0.3) is 0 Å². The number of carbonyl (C=O) groups is 1. The Hall–Kier alpha value is -1.63. The Bertz CT molecular complexity index is 449. The van der Waals surface area contributed by atoms with E-state index in [-0.39, 0.29) is 19.8 Å². The van der Waals surface area contributed by atoms with Gasteiger partial charge in [-0.3, -0.25) is 0 Å². The van der Waals surface area contributed by atoms with Crippen LogP contribution in [-0.4, -0.2) is 49.8 Å². The lowest BCUT2D eigenvalue weighted by Gasteiger charge is -2.39. The number of carbonyl (C=O) groups excluding carboxylic acids is 1. The minimum atomic E-state index is -1.13. The molecule has 1 amide bonds. The Morgan fingerprint density at radius 2 is 2.24 bits per heavy atom. The summed E-state index contributed by atoms with van der Waals surface area (Å²) in [6, 6.07) is 8.85. The first-order chi connectivity index (χ1) is 10.1. The van der Waals surface area contributed by atoms with Crippen molar-refractivity contribution >= 4 is 6.09 Å². The highest BCUT2D eigenvalue weighted by Gasteiger charge is 2.41. The van der Waals surface area contributed by atoms with Crippen LogP contribution in [0.1, 0.15) is 12.0 Å². The maximum atomic E-state index is 11.8. The van der Waals surface area contributed by atoms with Gasteiger partial charge < -0.3 is 24.6 Å². The molecule has 0 saturated carbocycles. The fourth-order valence-corrected chi connectivity index (χ4v) is 2.29. The molecule has 1 saturated heterocycles. The highest BCUT2D eigenvalue weighted by Crippen LogP contribution is 2.21. The molecular formula is C15H21NO5. The van der Waals surface area contributed by atoms with Gasteiger partial charge in [-0.05, 0) is 5.56 Å². The first-order valence-corrected chi connectivity index (χ1v) is 6.90. The third-order valence-electron chi connectivity index (χ3n) is 3.51. The molecule has 2 rings (SSSR count). The van der Waals surface area contributed by atoms with E-state index < -0.39 is 17.7 Å². The van der Waals surface area contributed by atoms with Crippen molar-refractivity contribution in [3.63, 3.8) is 0 Å². The smallest absolute Gasteiger partial charge is 0.407 e. The van der Waals surface area contributed by atoms with E-state index >= 15 is 0 Å². The highest BCUT2D eigenvalue weighted by atomic mass is 16.6. The number of hydrogen-bond donors (Lipinski definition) is 2. The monoisotopic (exact) mass is 295 g/mol. The van der Waals surface area contributed by atoms with Gasteiger partial charge in [0.25, 0.3) is 0 Å². The van der Waals surface area contributed by atoms with Crippen LogP contribution in [0.5, 0.6) is 0 Å². The Kier molecular flexibility index (Phi) is 5.55. The lowest BCUT2D eigenvalue weighted by molar-refractivity contribution is -0.121. The van der Waals surface area contributed by atoms with Gasteiger partial charge in [0.15, 0.2) is 0 Å². The van der Waals surface area contributed by atoms with Gasteiger partial charge in [0.2, 0.25) is 0 Å². The molecule has 1 aromatic carbocycles. The van der Waals surface area contributed by atoms with Crippen molar-refractivity contribution in [2.45, 2.75) is 24.7 Å². The highest BCUT2D eigenvalue weighted by molar-refractivity contribution is 5.67. The van der Waals surface area contributed by atoms with Gasteiger partial charge in [-0.2, -0.15) is 0 Å². The van der Waals surface area contributed by atoms with Crippen molar-refractivity contribution in [2.24, 2.45) is 0 Å². The average molecular weight is 295 g/mol. The second kappa shape index (κ2) is 7.40. The molecule has 1 aliphatic rings.